The summed E-state index contributed by atoms with van der Waals surface area (Å²) in [4.78, 5) is 0. The molecule has 0 N–H and O–H groups in total. The zero-order valence-corrected chi connectivity index (χ0v) is 6.20. The highest BCUT2D eigenvalue weighted by Gasteiger charge is 2.06. The van der Waals surface area contributed by atoms with Gasteiger partial charge in [0.05, 0.1) is 11.9 Å². The Hall–Kier alpha value is -0.170. The summed E-state index contributed by atoms with van der Waals surface area (Å²) >= 11 is 5.20. The van der Waals surface area contributed by atoms with Crippen molar-refractivity contribution in [3.63, 3.8) is 0 Å². The molecule has 2 heteroatoms. The van der Waals surface area contributed by atoms with E-state index in [1.807, 2.05) is 20.8 Å². The summed E-state index contributed by atoms with van der Waals surface area (Å²) in [6.45, 7) is 5.89. The number of hydrogen-bond acceptors (Lipinski definition) is 1. The number of halogens is 1. The lowest BCUT2D eigenvalue weighted by Gasteiger charge is -2.16. The Labute approximate surface area is 55.3 Å². The third kappa shape index (κ3) is 5.83. The first-order chi connectivity index (χ1) is 3.56. The van der Waals surface area contributed by atoms with Gasteiger partial charge in [-0.15, -0.1) is 0 Å². The summed E-state index contributed by atoms with van der Waals surface area (Å²) in [6, 6.07) is 0. The minimum Gasteiger partial charge on any atom is -0.495 e. The fourth-order valence-electron chi connectivity index (χ4n) is 0.230. The van der Waals surface area contributed by atoms with E-state index in [-0.39, 0.29) is 5.60 Å². The summed E-state index contributed by atoms with van der Waals surface area (Å²) in [6.07, 6.45) is 1.47. The molecule has 0 atom stereocenters. The lowest BCUT2D eigenvalue weighted by molar-refractivity contribution is 0.0771. The minimum atomic E-state index is -0.120. The molecule has 1 nitrogen and oxygen atoms in total. The molecule has 0 unspecified atom stereocenters. The lowest BCUT2D eigenvalue weighted by atomic mass is 10.2. The Bertz CT molecular complexity index is 81.0. The topological polar surface area (TPSA) is 9.23 Å². The van der Waals surface area contributed by atoms with Crippen LogP contribution in [0.3, 0.4) is 0 Å². The van der Waals surface area contributed by atoms with Crippen LogP contribution in [0.4, 0.5) is 0 Å². The zero-order valence-electron chi connectivity index (χ0n) is 5.44. The van der Waals surface area contributed by atoms with E-state index in [0.29, 0.717) is 0 Å². The maximum Gasteiger partial charge on any atom is 0.0998 e. The van der Waals surface area contributed by atoms with Crippen LogP contribution in [0.15, 0.2) is 11.8 Å². The van der Waals surface area contributed by atoms with E-state index >= 15 is 0 Å². The molecule has 0 heterocycles. The van der Waals surface area contributed by atoms with Gasteiger partial charge in [-0.2, -0.15) is 0 Å². The highest BCUT2D eigenvalue weighted by atomic mass is 35.5. The predicted octanol–water partition coefficient (Wildman–Crippen LogP) is 2.51. The molecular formula is C6H11ClO. The Kier molecular flexibility index (Phi) is 2.91. The van der Waals surface area contributed by atoms with Gasteiger partial charge >= 0.3 is 0 Å². The average Bonchev–Trinajstić information content (AvgIpc) is 1.59. The summed E-state index contributed by atoms with van der Waals surface area (Å²) in [7, 11) is 0. The van der Waals surface area contributed by atoms with Crippen LogP contribution in [0.25, 0.3) is 0 Å². The van der Waals surface area contributed by atoms with Crippen molar-refractivity contribution in [1.82, 2.24) is 0 Å². The van der Waals surface area contributed by atoms with Gasteiger partial charge in [-0.05, 0) is 20.8 Å². The van der Waals surface area contributed by atoms with E-state index < -0.39 is 0 Å². The molecular weight excluding hydrogens is 124 g/mol. The Morgan fingerprint density at radius 2 is 1.88 bits per heavy atom. The third-order valence-electron chi connectivity index (χ3n) is 0.473. The number of hydrogen-bond donors (Lipinski definition) is 0. The van der Waals surface area contributed by atoms with Gasteiger partial charge < -0.3 is 4.74 Å². The van der Waals surface area contributed by atoms with Crippen LogP contribution in [-0.2, 0) is 4.74 Å². The van der Waals surface area contributed by atoms with Gasteiger partial charge in [0.1, 0.15) is 0 Å². The van der Waals surface area contributed by atoms with Crippen molar-refractivity contribution in [1.29, 1.82) is 0 Å². The first-order valence-corrected chi connectivity index (χ1v) is 2.93. The van der Waals surface area contributed by atoms with Crippen molar-refractivity contribution in [2.45, 2.75) is 26.4 Å². The molecule has 0 aromatic heterocycles. The summed E-state index contributed by atoms with van der Waals surface area (Å²) < 4.78 is 5.07. The molecule has 0 aliphatic rings. The van der Waals surface area contributed by atoms with Crippen molar-refractivity contribution in [2.24, 2.45) is 0 Å². The van der Waals surface area contributed by atoms with E-state index in [4.69, 9.17) is 16.3 Å². The monoisotopic (exact) mass is 134 g/mol. The molecule has 8 heavy (non-hydrogen) atoms. The molecule has 0 rings (SSSR count). The molecule has 0 aliphatic carbocycles. The Morgan fingerprint density at radius 1 is 1.38 bits per heavy atom. The molecule has 0 spiro atoms. The number of ether oxygens (including phenoxy) is 1. The molecule has 0 bridgehead atoms. The molecule has 0 saturated carbocycles. The fourth-order valence-corrected chi connectivity index (χ4v) is 0.281. The van der Waals surface area contributed by atoms with Gasteiger partial charge in [-0.25, -0.2) is 0 Å². The van der Waals surface area contributed by atoms with Crippen LogP contribution >= 0.6 is 11.6 Å². The SMILES string of the molecule is CC(C)(C)O/C=C/Cl. The molecule has 0 radical (unpaired) electrons. The predicted molar refractivity (Wildman–Crippen MR) is 35.8 cm³/mol. The van der Waals surface area contributed by atoms with Crippen molar-refractivity contribution >= 4 is 11.6 Å². The normalized spacial score (nSPS) is 12.5. The molecule has 0 saturated heterocycles. The van der Waals surface area contributed by atoms with E-state index in [1.165, 1.54) is 11.8 Å². The zero-order chi connectivity index (χ0) is 6.62. The van der Waals surface area contributed by atoms with Gasteiger partial charge in [0.15, 0.2) is 0 Å². The van der Waals surface area contributed by atoms with Crippen LogP contribution in [-0.4, -0.2) is 5.60 Å². The largest absolute Gasteiger partial charge is 0.495 e. The van der Waals surface area contributed by atoms with Crippen LogP contribution < -0.4 is 0 Å². The standard InChI is InChI=1S/C6H11ClO/c1-6(2,3)8-5-4-7/h4-5H,1-3H3/b5-4+. The number of rotatable bonds is 1. The first kappa shape index (κ1) is 7.83. The molecule has 0 aromatic rings. The second-order valence-corrected chi connectivity index (χ2v) is 2.74. The van der Waals surface area contributed by atoms with Gasteiger partial charge in [0.2, 0.25) is 0 Å². The average molecular weight is 135 g/mol. The molecule has 48 valence electrons. The quantitative estimate of drug-likeness (QED) is 0.501. The van der Waals surface area contributed by atoms with E-state index in [0.717, 1.165) is 0 Å². The Morgan fingerprint density at radius 3 is 2.00 bits per heavy atom. The van der Waals surface area contributed by atoms with Gasteiger partial charge in [0, 0.05) is 5.54 Å². The highest BCUT2D eigenvalue weighted by Crippen LogP contribution is 2.06. The lowest BCUT2D eigenvalue weighted by Crippen LogP contribution is -2.14. The summed E-state index contributed by atoms with van der Waals surface area (Å²) in [5, 5.41) is 0. The van der Waals surface area contributed by atoms with E-state index in [9.17, 15) is 0 Å². The van der Waals surface area contributed by atoms with Crippen LogP contribution in [0.1, 0.15) is 20.8 Å². The van der Waals surface area contributed by atoms with Crippen molar-refractivity contribution < 1.29 is 4.74 Å². The van der Waals surface area contributed by atoms with Crippen LogP contribution in [0, 0.1) is 0 Å². The van der Waals surface area contributed by atoms with Crippen molar-refractivity contribution in [3.05, 3.63) is 11.8 Å². The highest BCUT2D eigenvalue weighted by molar-refractivity contribution is 6.25. The van der Waals surface area contributed by atoms with Crippen LogP contribution in [0.2, 0.25) is 0 Å². The van der Waals surface area contributed by atoms with Crippen molar-refractivity contribution in [3.8, 4) is 0 Å². The Balaban J connectivity index is 3.39. The summed E-state index contributed by atoms with van der Waals surface area (Å²) in [5.74, 6) is 0. The maximum atomic E-state index is 5.20. The molecule has 0 aliphatic heterocycles. The fraction of sp³-hybridized carbons (Fsp3) is 0.667. The third-order valence-corrected chi connectivity index (χ3v) is 0.576. The van der Waals surface area contributed by atoms with E-state index in [2.05, 4.69) is 0 Å². The first-order valence-electron chi connectivity index (χ1n) is 2.49. The molecule has 0 fully saturated rings. The van der Waals surface area contributed by atoms with Gasteiger partial charge in [0.25, 0.3) is 0 Å². The van der Waals surface area contributed by atoms with Crippen molar-refractivity contribution in [2.75, 3.05) is 0 Å². The minimum absolute atomic E-state index is 0.120. The smallest absolute Gasteiger partial charge is 0.0998 e. The van der Waals surface area contributed by atoms with Gasteiger partial charge in [-0.3, -0.25) is 0 Å². The van der Waals surface area contributed by atoms with Crippen LogP contribution in [0.5, 0.6) is 0 Å². The van der Waals surface area contributed by atoms with E-state index in [1.54, 1.807) is 0 Å². The molecule has 0 amide bonds. The second-order valence-electron chi connectivity index (χ2n) is 2.49. The second kappa shape index (κ2) is 2.98. The van der Waals surface area contributed by atoms with Gasteiger partial charge in [-0.1, -0.05) is 11.6 Å². The molecule has 0 aromatic carbocycles. The maximum absolute atomic E-state index is 5.20. The summed E-state index contributed by atoms with van der Waals surface area (Å²) in [5.41, 5.74) is 1.23.